The lowest BCUT2D eigenvalue weighted by atomic mass is 10.1. The van der Waals surface area contributed by atoms with Crippen LogP contribution in [0.5, 0.6) is 0 Å². The van der Waals surface area contributed by atoms with Crippen molar-refractivity contribution in [2.75, 3.05) is 42.2 Å². The molecule has 1 atom stereocenters. The smallest absolute Gasteiger partial charge is 0.231 e. The molecule has 0 aliphatic rings. The summed E-state index contributed by atoms with van der Waals surface area (Å²) in [6, 6.07) is 0. The van der Waals surface area contributed by atoms with Gasteiger partial charge in [-0.3, -0.25) is 0 Å². The van der Waals surface area contributed by atoms with Crippen molar-refractivity contribution in [2.45, 2.75) is 26.4 Å². The van der Waals surface area contributed by atoms with Crippen LogP contribution in [0.15, 0.2) is 0 Å². The summed E-state index contributed by atoms with van der Waals surface area (Å²) in [5.41, 5.74) is 4.40. The van der Waals surface area contributed by atoms with Crippen LogP contribution in [-0.2, 0) is 0 Å². The van der Waals surface area contributed by atoms with Crippen LogP contribution in [-0.4, -0.2) is 57.0 Å². The van der Waals surface area contributed by atoms with Crippen molar-refractivity contribution in [2.24, 2.45) is 0 Å². The first-order valence-electron chi connectivity index (χ1n) is 6.25. The number of aromatic nitrogens is 3. The van der Waals surface area contributed by atoms with Gasteiger partial charge in [-0.15, -0.1) is 0 Å². The standard InChI is InChI=1S/C11H22N6O2/c1-4-17(5-2)10-15-8(12)14-9(16-10)13-6-11(3,19)7-18/h18-19H,4-7H2,1-3H3,(H3,12,13,14,15,16). The van der Waals surface area contributed by atoms with E-state index in [1.54, 1.807) is 0 Å². The SMILES string of the molecule is CCN(CC)c1nc(N)nc(NCC(C)(O)CO)n1. The molecule has 0 aromatic carbocycles. The van der Waals surface area contributed by atoms with Gasteiger partial charge in [0.25, 0.3) is 0 Å². The van der Waals surface area contributed by atoms with Crippen LogP contribution in [0.3, 0.4) is 0 Å². The van der Waals surface area contributed by atoms with E-state index >= 15 is 0 Å². The molecule has 8 nitrogen and oxygen atoms in total. The maximum Gasteiger partial charge on any atom is 0.231 e. The Bertz CT molecular complexity index is 408. The Morgan fingerprint density at radius 2 is 1.89 bits per heavy atom. The summed E-state index contributed by atoms with van der Waals surface area (Å²) in [4.78, 5) is 14.2. The largest absolute Gasteiger partial charge is 0.393 e. The van der Waals surface area contributed by atoms with Gasteiger partial charge in [-0.05, 0) is 20.8 Å². The molecule has 1 rings (SSSR count). The summed E-state index contributed by atoms with van der Waals surface area (Å²) in [6.45, 7) is 6.77. The first-order valence-corrected chi connectivity index (χ1v) is 6.25. The normalized spacial score (nSPS) is 13.9. The van der Waals surface area contributed by atoms with Gasteiger partial charge >= 0.3 is 0 Å². The fourth-order valence-corrected chi connectivity index (χ4v) is 1.43. The molecule has 1 unspecified atom stereocenters. The number of nitrogens with zero attached hydrogens (tertiary/aromatic N) is 4. The number of nitrogen functional groups attached to an aromatic ring is 1. The monoisotopic (exact) mass is 270 g/mol. The quantitative estimate of drug-likeness (QED) is 0.521. The van der Waals surface area contributed by atoms with Crippen LogP contribution in [0.25, 0.3) is 0 Å². The van der Waals surface area contributed by atoms with E-state index in [2.05, 4.69) is 20.3 Å². The third-order valence-electron chi connectivity index (χ3n) is 2.66. The van der Waals surface area contributed by atoms with Crippen LogP contribution in [0, 0.1) is 0 Å². The average Bonchev–Trinajstić information content (AvgIpc) is 2.37. The minimum atomic E-state index is -1.24. The average molecular weight is 270 g/mol. The molecule has 0 saturated carbocycles. The first kappa shape index (κ1) is 15.4. The van der Waals surface area contributed by atoms with Gasteiger partial charge in [0, 0.05) is 19.6 Å². The summed E-state index contributed by atoms with van der Waals surface area (Å²) >= 11 is 0. The number of nitrogens with one attached hydrogen (secondary N) is 1. The van der Waals surface area contributed by atoms with E-state index in [9.17, 15) is 5.11 Å². The van der Waals surface area contributed by atoms with E-state index in [1.165, 1.54) is 6.92 Å². The zero-order valence-corrected chi connectivity index (χ0v) is 11.6. The molecule has 0 bridgehead atoms. The van der Waals surface area contributed by atoms with Gasteiger partial charge in [0.2, 0.25) is 17.8 Å². The summed E-state index contributed by atoms with van der Waals surface area (Å²) in [7, 11) is 0. The fraction of sp³-hybridized carbons (Fsp3) is 0.727. The van der Waals surface area contributed by atoms with Gasteiger partial charge < -0.3 is 26.2 Å². The lowest BCUT2D eigenvalue weighted by Crippen LogP contribution is -2.37. The number of aliphatic hydroxyl groups excluding tert-OH is 1. The topological polar surface area (TPSA) is 120 Å². The Kier molecular flexibility index (Phi) is 5.25. The highest BCUT2D eigenvalue weighted by Gasteiger charge is 2.19. The van der Waals surface area contributed by atoms with Gasteiger partial charge in [0.1, 0.15) is 5.60 Å². The lowest BCUT2D eigenvalue weighted by molar-refractivity contribution is 0.0131. The number of aliphatic hydroxyl groups is 2. The van der Waals surface area contributed by atoms with Crippen molar-refractivity contribution in [1.29, 1.82) is 0 Å². The molecule has 0 saturated heterocycles. The van der Waals surface area contributed by atoms with Gasteiger partial charge in [-0.2, -0.15) is 15.0 Å². The second kappa shape index (κ2) is 6.48. The van der Waals surface area contributed by atoms with Gasteiger partial charge in [-0.1, -0.05) is 0 Å². The van der Waals surface area contributed by atoms with Crippen LogP contribution in [0.4, 0.5) is 17.8 Å². The maximum absolute atomic E-state index is 9.70. The molecular formula is C11H22N6O2. The first-order chi connectivity index (χ1) is 8.91. The van der Waals surface area contributed by atoms with E-state index in [0.29, 0.717) is 5.95 Å². The predicted molar refractivity (Wildman–Crippen MR) is 74.0 cm³/mol. The molecule has 0 aliphatic heterocycles. The molecule has 108 valence electrons. The number of anilines is 3. The maximum atomic E-state index is 9.70. The molecule has 0 aliphatic carbocycles. The van der Waals surface area contributed by atoms with E-state index in [0.717, 1.165) is 13.1 Å². The lowest BCUT2D eigenvalue weighted by Gasteiger charge is -2.22. The van der Waals surface area contributed by atoms with Crippen LogP contribution >= 0.6 is 0 Å². The van der Waals surface area contributed by atoms with Crippen molar-refractivity contribution in [3.05, 3.63) is 0 Å². The van der Waals surface area contributed by atoms with Gasteiger partial charge in [0.05, 0.1) is 6.61 Å². The van der Waals surface area contributed by atoms with Crippen LogP contribution < -0.4 is 16.0 Å². The minimum Gasteiger partial charge on any atom is -0.393 e. The van der Waals surface area contributed by atoms with Crippen molar-refractivity contribution in [1.82, 2.24) is 15.0 Å². The second-order valence-electron chi connectivity index (χ2n) is 4.50. The van der Waals surface area contributed by atoms with E-state index in [1.807, 2.05) is 18.7 Å². The molecule has 5 N–H and O–H groups in total. The predicted octanol–water partition coefficient (Wildman–Crippen LogP) is -0.545. The molecule has 8 heteroatoms. The molecule has 1 aromatic heterocycles. The van der Waals surface area contributed by atoms with E-state index in [4.69, 9.17) is 10.8 Å². The Labute approximate surface area is 112 Å². The summed E-state index contributed by atoms with van der Waals surface area (Å²) < 4.78 is 0. The Hall–Kier alpha value is -1.67. The van der Waals surface area contributed by atoms with Gasteiger partial charge in [0.15, 0.2) is 0 Å². The summed E-state index contributed by atoms with van der Waals surface area (Å²) in [5, 5.41) is 21.5. The molecule has 0 amide bonds. The highest BCUT2D eigenvalue weighted by atomic mass is 16.3. The number of hydrogen-bond acceptors (Lipinski definition) is 8. The van der Waals surface area contributed by atoms with Crippen molar-refractivity contribution in [3.63, 3.8) is 0 Å². The second-order valence-corrected chi connectivity index (χ2v) is 4.50. The highest BCUT2D eigenvalue weighted by Crippen LogP contribution is 2.12. The number of rotatable bonds is 7. The van der Waals surface area contributed by atoms with Crippen LogP contribution in [0.2, 0.25) is 0 Å². The molecule has 0 radical (unpaired) electrons. The number of nitrogens with two attached hydrogens (primary N) is 1. The number of hydrogen-bond donors (Lipinski definition) is 4. The molecule has 19 heavy (non-hydrogen) atoms. The Morgan fingerprint density at radius 1 is 1.26 bits per heavy atom. The van der Waals surface area contributed by atoms with Crippen molar-refractivity contribution in [3.8, 4) is 0 Å². The van der Waals surface area contributed by atoms with Crippen LogP contribution in [0.1, 0.15) is 20.8 Å². The third kappa shape index (κ3) is 4.49. The van der Waals surface area contributed by atoms with Gasteiger partial charge in [-0.25, -0.2) is 0 Å². The summed E-state index contributed by atoms with van der Waals surface area (Å²) in [5.74, 6) is 0.884. The molecule has 1 heterocycles. The Morgan fingerprint density at radius 3 is 2.42 bits per heavy atom. The van der Waals surface area contributed by atoms with E-state index < -0.39 is 5.60 Å². The molecule has 1 aromatic rings. The van der Waals surface area contributed by atoms with E-state index in [-0.39, 0.29) is 25.0 Å². The molecular weight excluding hydrogens is 248 g/mol. The molecule has 0 spiro atoms. The Balaban J connectivity index is 2.85. The zero-order chi connectivity index (χ0) is 14.5. The fourth-order valence-electron chi connectivity index (χ4n) is 1.43. The van der Waals surface area contributed by atoms with Crippen molar-refractivity contribution >= 4 is 17.8 Å². The van der Waals surface area contributed by atoms with Crippen molar-refractivity contribution < 1.29 is 10.2 Å². The third-order valence-corrected chi connectivity index (χ3v) is 2.66. The minimum absolute atomic E-state index is 0.114. The summed E-state index contributed by atoms with van der Waals surface area (Å²) in [6.07, 6.45) is 0. The highest BCUT2D eigenvalue weighted by molar-refractivity contribution is 5.41. The zero-order valence-electron chi connectivity index (χ0n) is 11.6. The molecule has 0 fully saturated rings.